The Morgan fingerprint density at radius 3 is 2.89 bits per heavy atom. The number of aryl methyl sites for hydroxylation is 1. The molecule has 2 aromatic rings. The van der Waals surface area contributed by atoms with Gasteiger partial charge < -0.3 is 19.7 Å². The van der Waals surface area contributed by atoms with Gasteiger partial charge in [-0.25, -0.2) is 9.78 Å². The van der Waals surface area contributed by atoms with Crippen LogP contribution in [-0.4, -0.2) is 52.0 Å². The number of H-pyrrole nitrogens is 1. The molecule has 2 heterocycles. The third-order valence-electron chi connectivity index (χ3n) is 5.00. The number of carbonyl (C=O) groups is 1. The van der Waals surface area contributed by atoms with E-state index in [1.54, 1.807) is 11.1 Å². The minimum atomic E-state index is -0.329. The minimum absolute atomic E-state index is 0.329. The molecular weight excluding hydrogens is 366 g/mol. The molecule has 0 atom stereocenters. The van der Waals surface area contributed by atoms with Crippen LogP contribution in [0.4, 0.5) is 5.69 Å². The van der Waals surface area contributed by atoms with E-state index in [0.29, 0.717) is 17.2 Å². The molecule has 0 unspecified atom stereocenters. The molecule has 3 rings (SSSR count). The van der Waals surface area contributed by atoms with Crippen molar-refractivity contribution in [2.75, 3.05) is 51.3 Å². The summed E-state index contributed by atoms with van der Waals surface area (Å²) in [6.07, 6.45) is 2.73. The van der Waals surface area contributed by atoms with Crippen molar-refractivity contribution in [2.24, 2.45) is 0 Å². The number of ether oxygens (including phenoxy) is 2. The van der Waals surface area contributed by atoms with Crippen LogP contribution in [0, 0.1) is 6.92 Å². The van der Waals surface area contributed by atoms with Crippen LogP contribution in [0.1, 0.15) is 29.3 Å². The van der Waals surface area contributed by atoms with Crippen LogP contribution in [0.2, 0.25) is 5.02 Å². The lowest BCUT2D eigenvalue weighted by Crippen LogP contribution is -3.14. The predicted octanol–water partition coefficient (Wildman–Crippen LogP) is 1.51. The molecule has 1 saturated heterocycles. The second-order valence-electron chi connectivity index (χ2n) is 6.79. The number of carbonyl (C=O) groups excluding carboxylic acids is 1. The number of aromatic amines is 1. The van der Waals surface area contributed by atoms with Gasteiger partial charge in [0.15, 0.2) is 6.20 Å². The van der Waals surface area contributed by atoms with Crippen molar-refractivity contribution < 1.29 is 24.2 Å². The Bertz CT molecular complexity index is 807. The van der Waals surface area contributed by atoms with Crippen molar-refractivity contribution in [1.82, 2.24) is 0 Å². The number of halogens is 1. The van der Waals surface area contributed by atoms with E-state index < -0.39 is 0 Å². The molecule has 3 N–H and O–H groups in total. The molecule has 0 amide bonds. The van der Waals surface area contributed by atoms with Crippen LogP contribution in [0.25, 0.3) is 10.9 Å². The van der Waals surface area contributed by atoms with Gasteiger partial charge in [-0.15, -0.1) is 0 Å². The number of quaternary nitrogens is 1. The number of esters is 1. The van der Waals surface area contributed by atoms with Crippen LogP contribution in [0.5, 0.6) is 0 Å². The highest BCUT2D eigenvalue weighted by atomic mass is 35.5. The first-order valence-corrected chi connectivity index (χ1v) is 9.95. The highest BCUT2D eigenvalue weighted by molar-refractivity contribution is 6.32. The van der Waals surface area contributed by atoms with E-state index in [1.165, 1.54) is 0 Å². The van der Waals surface area contributed by atoms with Gasteiger partial charge in [0.25, 0.3) is 0 Å². The Labute approximate surface area is 164 Å². The van der Waals surface area contributed by atoms with Crippen LogP contribution in [0.15, 0.2) is 18.3 Å². The van der Waals surface area contributed by atoms with E-state index in [1.807, 2.05) is 26.0 Å². The van der Waals surface area contributed by atoms with E-state index in [4.69, 9.17) is 21.1 Å². The topological polar surface area (TPSA) is 66.1 Å². The first-order chi connectivity index (χ1) is 13.1. The molecule has 7 heteroatoms. The minimum Gasteiger partial charge on any atom is -0.462 e. The highest BCUT2D eigenvalue weighted by Gasteiger charge is 2.22. The predicted molar refractivity (Wildman–Crippen MR) is 106 cm³/mol. The summed E-state index contributed by atoms with van der Waals surface area (Å²) in [5, 5.41) is 5.12. The summed E-state index contributed by atoms with van der Waals surface area (Å²) in [6.45, 7) is 9.82. The Morgan fingerprint density at radius 1 is 1.37 bits per heavy atom. The molecule has 1 fully saturated rings. The Balaban J connectivity index is 1.80. The fourth-order valence-electron chi connectivity index (χ4n) is 3.46. The third-order valence-corrected chi connectivity index (χ3v) is 5.41. The number of hydrogen-bond acceptors (Lipinski definition) is 4. The van der Waals surface area contributed by atoms with Crippen molar-refractivity contribution in [3.05, 3.63) is 34.5 Å². The van der Waals surface area contributed by atoms with Gasteiger partial charge in [-0.3, -0.25) is 0 Å². The number of aromatic nitrogens is 1. The molecule has 1 aliphatic heterocycles. The van der Waals surface area contributed by atoms with Crippen LogP contribution in [0.3, 0.4) is 0 Å². The van der Waals surface area contributed by atoms with E-state index in [-0.39, 0.29) is 5.97 Å². The first kappa shape index (κ1) is 19.9. The summed E-state index contributed by atoms with van der Waals surface area (Å²) in [5.74, 6) is -0.329. The normalized spacial score (nSPS) is 15.1. The molecule has 0 bridgehead atoms. The van der Waals surface area contributed by atoms with E-state index >= 15 is 0 Å². The second kappa shape index (κ2) is 9.35. The molecule has 1 aromatic heterocycles. The monoisotopic (exact) mass is 393 g/mol. The number of nitrogens with one attached hydrogen (secondary N) is 3. The number of anilines is 1. The van der Waals surface area contributed by atoms with Crippen molar-refractivity contribution in [1.29, 1.82) is 0 Å². The zero-order valence-corrected chi connectivity index (χ0v) is 16.7. The maximum Gasteiger partial charge on any atom is 0.346 e. The van der Waals surface area contributed by atoms with E-state index in [9.17, 15) is 4.79 Å². The van der Waals surface area contributed by atoms with Gasteiger partial charge in [-0.2, -0.15) is 0 Å². The summed E-state index contributed by atoms with van der Waals surface area (Å²) < 4.78 is 10.6. The van der Waals surface area contributed by atoms with Crippen molar-refractivity contribution >= 4 is 34.2 Å². The Hall–Kier alpha value is -1.89. The lowest BCUT2D eigenvalue weighted by atomic mass is 10.1. The fourth-order valence-corrected chi connectivity index (χ4v) is 3.62. The Kier molecular flexibility index (Phi) is 6.88. The van der Waals surface area contributed by atoms with Gasteiger partial charge in [-0.1, -0.05) is 11.6 Å². The fraction of sp³-hybridized carbons (Fsp3) is 0.500. The van der Waals surface area contributed by atoms with Gasteiger partial charge >= 0.3 is 5.97 Å². The number of fused-ring (bicyclic) bond motifs is 1. The average molecular weight is 394 g/mol. The molecule has 0 aliphatic carbocycles. The molecular formula is C20H28ClN3O3+2. The number of hydrogen-bond donors (Lipinski definition) is 2. The van der Waals surface area contributed by atoms with Gasteiger partial charge in [-0.05, 0) is 26.0 Å². The maximum absolute atomic E-state index is 12.4. The van der Waals surface area contributed by atoms with Crippen molar-refractivity contribution in [3.8, 4) is 0 Å². The SMILES string of the molecule is CCOC(=O)c1c[nH+]c2c(C)c(Cl)ccc2c1NCCC[NH+]1CCOCC1. The summed E-state index contributed by atoms with van der Waals surface area (Å²) in [4.78, 5) is 17.2. The van der Waals surface area contributed by atoms with Gasteiger partial charge in [0, 0.05) is 18.5 Å². The molecule has 27 heavy (non-hydrogen) atoms. The zero-order valence-electron chi connectivity index (χ0n) is 16.0. The molecule has 0 radical (unpaired) electrons. The number of rotatable bonds is 7. The quantitative estimate of drug-likeness (QED) is 0.552. The van der Waals surface area contributed by atoms with Crippen LogP contribution >= 0.6 is 11.6 Å². The first-order valence-electron chi connectivity index (χ1n) is 9.57. The van der Waals surface area contributed by atoms with E-state index in [0.717, 1.165) is 68.0 Å². The highest BCUT2D eigenvalue weighted by Crippen LogP contribution is 2.30. The molecule has 0 saturated carbocycles. The van der Waals surface area contributed by atoms with Crippen molar-refractivity contribution in [2.45, 2.75) is 20.3 Å². The average Bonchev–Trinajstić information content (AvgIpc) is 2.69. The van der Waals surface area contributed by atoms with Gasteiger partial charge in [0.05, 0.1) is 42.5 Å². The lowest BCUT2D eigenvalue weighted by Gasteiger charge is -2.23. The molecule has 146 valence electrons. The smallest absolute Gasteiger partial charge is 0.346 e. The second-order valence-corrected chi connectivity index (χ2v) is 7.19. The summed E-state index contributed by atoms with van der Waals surface area (Å²) in [5.41, 5.74) is 3.21. The van der Waals surface area contributed by atoms with Gasteiger partial charge in [0.2, 0.25) is 5.52 Å². The third kappa shape index (κ3) is 4.69. The largest absolute Gasteiger partial charge is 0.462 e. The van der Waals surface area contributed by atoms with E-state index in [2.05, 4.69) is 10.3 Å². The summed E-state index contributed by atoms with van der Waals surface area (Å²) in [7, 11) is 0. The number of pyridine rings is 1. The van der Waals surface area contributed by atoms with Crippen molar-refractivity contribution in [3.63, 3.8) is 0 Å². The molecule has 1 aliphatic rings. The molecule has 1 aromatic carbocycles. The van der Waals surface area contributed by atoms with Gasteiger partial charge in [0.1, 0.15) is 18.7 Å². The van der Waals surface area contributed by atoms with Crippen LogP contribution in [-0.2, 0) is 9.47 Å². The summed E-state index contributed by atoms with van der Waals surface area (Å²) >= 11 is 6.26. The lowest BCUT2D eigenvalue weighted by molar-refractivity contribution is -0.908. The number of morpholine rings is 1. The number of benzene rings is 1. The molecule has 6 nitrogen and oxygen atoms in total. The van der Waals surface area contributed by atoms with Crippen LogP contribution < -0.4 is 15.2 Å². The standard InChI is InChI=1S/C20H26ClN3O3/c1-3-27-20(25)16-13-23-18-14(2)17(21)6-5-15(18)19(16)22-7-4-8-24-9-11-26-12-10-24/h5-6,13H,3-4,7-12H2,1-2H3,(H,22,23)/p+2. The summed E-state index contributed by atoms with van der Waals surface area (Å²) in [6, 6.07) is 3.81. The molecule has 0 spiro atoms. The zero-order chi connectivity index (χ0) is 19.2. The maximum atomic E-state index is 12.4. The Morgan fingerprint density at radius 2 is 2.15 bits per heavy atom.